The van der Waals surface area contributed by atoms with Crippen LogP contribution in [0, 0.1) is 12.8 Å². The Hall–Kier alpha value is -1.43. The zero-order chi connectivity index (χ0) is 13.3. The summed E-state index contributed by atoms with van der Waals surface area (Å²) in [7, 11) is 3.84. The Balaban J connectivity index is 2.44. The number of aryl methyl sites for hydroxylation is 2. The summed E-state index contributed by atoms with van der Waals surface area (Å²) in [6, 6.07) is 0. The molecule has 0 atom stereocenters. The first kappa shape index (κ1) is 13.0. The molecule has 0 radical (unpaired) electrons. The monoisotopic (exact) mass is 265 g/mol. The van der Waals surface area contributed by atoms with E-state index in [1.54, 1.807) is 0 Å². The van der Waals surface area contributed by atoms with E-state index in [4.69, 9.17) is 0 Å². The van der Waals surface area contributed by atoms with Gasteiger partial charge in [-0.15, -0.1) is 0 Å². The number of hydrogen-bond acceptors (Lipinski definition) is 5. The quantitative estimate of drug-likeness (QED) is 0.922. The maximum absolute atomic E-state index is 4.64. The molecule has 2 rings (SSSR count). The fraction of sp³-hybridized carbons (Fsp3) is 0.583. The lowest BCUT2D eigenvalue weighted by atomic mass is 10.1. The van der Waals surface area contributed by atoms with Gasteiger partial charge in [-0.1, -0.05) is 13.8 Å². The van der Waals surface area contributed by atoms with E-state index in [1.807, 2.05) is 25.7 Å². The van der Waals surface area contributed by atoms with Gasteiger partial charge in [0.15, 0.2) is 11.6 Å². The first-order valence-electron chi connectivity index (χ1n) is 6.07. The van der Waals surface area contributed by atoms with Gasteiger partial charge in [-0.25, -0.2) is 9.67 Å². The number of anilines is 1. The normalized spacial score (nSPS) is 11.2. The highest BCUT2D eigenvalue weighted by Crippen LogP contribution is 2.33. The Labute approximate surface area is 111 Å². The predicted octanol–water partition coefficient (Wildman–Crippen LogP) is 2.49. The minimum Gasteiger partial charge on any atom is -0.378 e. The topological polar surface area (TPSA) is 55.6 Å². The molecule has 18 heavy (non-hydrogen) atoms. The molecule has 0 amide bonds. The van der Waals surface area contributed by atoms with Crippen molar-refractivity contribution < 1.29 is 0 Å². The summed E-state index contributed by atoms with van der Waals surface area (Å²) in [5.74, 6) is 2.35. The molecular weight excluding hydrogens is 246 g/mol. The molecule has 2 heterocycles. The highest BCUT2D eigenvalue weighted by molar-refractivity contribution is 7.10. The molecule has 0 aliphatic carbocycles. The second kappa shape index (κ2) is 5.06. The van der Waals surface area contributed by atoms with Gasteiger partial charge in [-0.2, -0.15) is 9.47 Å². The Morgan fingerprint density at radius 2 is 2.11 bits per heavy atom. The summed E-state index contributed by atoms with van der Waals surface area (Å²) < 4.78 is 6.22. The Morgan fingerprint density at radius 1 is 1.39 bits per heavy atom. The van der Waals surface area contributed by atoms with Gasteiger partial charge >= 0.3 is 0 Å². The molecule has 1 N–H and O–H groups in total. The molecule has 0 fully saturated rings. The van der Waals surface area contributed by atoms with Crippen molar-refractivity contribution in [3.63, 3.8) is 0 Å². The van der Waals surface area contributed by atoms with E-state index in [-0.39, 0.29) is 0 Å². The molecule has 0 aromatic carbocycles. The number of aromatic nitrogens is 4. The summed E-state index contributed by atoms with van der Waals surface area (Å²) >= 11 is 1.46. The van der Waals surface area contributed by atoms with Crippen LogP contribution in [-0.4, -0.2) is 26.2 Å². The van der Waals surface area contributed by atoms with Crippen molar-refractivity contribution in [2.45, 2.75) is 27.2 Å². The van der Waals surface area contributed by atoms with Crippen LogP contribution in [0.5, 0.6) is 0 Å². The lowest BCUT2D eigenvalue weighted by molar-refractivity contribution is 0.613. The maximum atomic E-state index is 4.64. The Bertz CT molecular complexity index is 541. The van der Waals surface area contributed by atoms with Crippen LogP contribution < -0.4 is 5.32 Å². The van der Waals surface area contributed by atoms with E-state index in [2.05, 4.69) is 33.6 Å². The van der Waals surface area contributed by atoms with Gasteiger partial charge in [-0.3, -0.25) is 0 Å². The molecule has 0 aliphatic heterocycles. The van der Waals surface area contributed by atoms with Gasteiger partial charge in [-0.05, 0) is 24.4 Å². The summed E-state index contributed by atoms with van der Waals surface area (Å²) in [4.78, 5) is 4.64. The smallest absolute Gasteiger partial charge is 0.163 e. The highest BCUT2D eigenvalue weighted by Gasteiger charge is 2.18. The maximum Gasteiger partial charge on any atom is 0.163 e. The molecule has 2 aromatic rings. The van der Waals surface area contributed by atoms with E-state index in [0.29, 0.717) is 5.92 Å². The molecule has 0 aliphatic rings. The number of rotatable bonds is 4. The van der Waals surface area contributed by atoms with Crippen molar-refractivity contribution in [2.75, 3.05) is 12.4 Å². The van der Waals surface area contributed by atoms with Crippen molar-refractivity contribution in [3.8, 4) is 11.4 Å². The van der Waals surface area contributed by atoms with Crippen LogP contribution in [0.1, 0.15) is 25.4 Å². The van der Waals surface area contributed by atoms with Crippen LogP contribution in [0.25, 0.3) is 11.4 Å². The van der Waals surface area contributed by atoms with E-state index in [9.17, 15) is 0 Å². The lowest BCUT2D eigenvalue weighted by Crippen LogP contribution is -1.98. The second-order valence-electron chi connectivity index (χ2n) is 4.80. The third kappa shape index (κ3) is 2.38. The third-order valence-electron chi connectivity index (χ3n) is 2.71. The van der Waals surface area contributed by atoms with Crippen molar-refractivity contribution in [2.24, 2.45) is 13.0 Å². The SMILES string of the molecule is CNc1snc(C)c1-c1nc(CC(C)C)nn1C. The van der Waals surface area contributed by atoms with Crippen LogP contribution in [0.15, 0.2) is 0 Å². The van der Waals surface area contributed by atoms with E-state index < -0.39 is 0 Å². The van der Waals surface area contributed by atoms with Gasteiger partial charge in [0.2, 0.25) is 0 Å². The zero-order valence-corrected chi connectivity index (χ0v) is 12.3. The number of nitrogens with one attached hydrogen (secondary N) is 1. The molecule has 0 unspecified atom stereocenters. The van der Waals surface area contributed by atoms with Crippen molar-refractivity contribution >= 4 is 16.5 Å². The minimum absolute atomic E-state index is 0.561. The molecule has 0 spiro atoms. The van der Waals surface area contributed by atoms with Crippen LogP contribution in [0.3, 0.4) is 0 Å². The van der Waals surface area contributed by atoms with Crippen molar-refractivity contribution in [3.05, 3.63) is 11.5 Å². The summed E-state index contributed by atoms with van der Waals surface area (Å²) in [5, 5.41) is 8.69. The number of nitrogens with zero attached hydrogens (tertiary/aromatic N) is 4. The standard InChI is InChI=1S/C12H19N5S/c1-7(2)6-9-14-11(17(5)15-9)10-8(3)16-18-12(10)13-4/h7,13H,6H2,1-5H3. The van der Waals surface area contributed by atoms with Crippen LogP contribution in [-0.2, 0) is 13.5 Å². The second-order valence-corrected chi connectivity index (χ2v) is 5.57. The lowest BCUT2D eigenvalue weighted by Gasteiger charge is -2.01. The van der Waals surface area contributed by atoms with E-state index >= 15 is 0 Å². The van der Waals surface area contributed by atoms with Gasteiger partial charge in [0.25, 0.3) is 0 Å². The molecule has 98 valence electrons. The third-order valence-corrected chi connectivity index (χ3v) is 3.67. The largest absolute Gasteiger partial charge is 0.378 e. The molecular formula is C12H19N5S. The van der Waals surface area contributed by atoms with Crippen LogP contribution in [0.4, 0.5) is 5.00 Å². The Morgan fingerprint density at radius 3 is 2.72 bits per heavy atom. The van der Waals surface area contributed by atoms with Crippen LogP contribution in [0.2, 0.25) is 0 Å². The van der Waals surface area contributed by atoms with Gasteiger partial charge in [0, 0.05) is 20.5 Å². The molecule has 0 saturated heterocycles. The van der Waals surface area contributed by atoms with Crippen molar-refractivity contribution in [1.82, 2.24) is 19.1 Å². The van der Waals surface area contributed by atoms with Gasteiger partial charge in [0.1, 0.15) is 5.00 Å². The van der Waals surface area contributed by atoms with Crippen LogP contribution >= 0.6 is 11.5 Å². The number of hydrogen-bond donors (Lipinski definition) is 1. The first-order valence-corrected chi connectivity index (χ1v) is 6.84. The molecule has 2 aromatic heterocycles. The van der Waals surface area contributed by atoms with Gasteiger partial charge in [0.05, 0.1) is 11.3 Å². The fourth-order valence-electron chi connectivity index (χ4n) is 1.91. The highest BCUT2D eigenvalue weighted by atomic mass is 32.1. The first-order chi connectivity index (χ1) is 8.52. The van der Waals surface area contributed by atoms with Crippen molar-refractivity contribution in [1.29, 1.82) is 0 Å². The average Bonchev–Trinajstić information content (AvgIpc) is 2.81. The zero-order valence-electron chi connectivity index (χ0n) is 11.5. The summed E-state index contributed by atoms with van der Waals surface area (Å²) in [6.07, 6.45) is 0.902. The minimum atomic E-state index is 0.561. The molecule has 6 heteroatoms. The molecule has 0 saturated carbocycles. The van der Waals surface area contributed by atoms with E-state index in [1.165, 1.54) is 11.5 Å². The summed E-state index contributed by atoms with van der Waals surface area (Å²) in [5.41, 5.74) is 2.06. The van der Waals surface area contributed by atoms with E-state index in [0.717, 1.165) is 34.3 Å². The molecule has 0 bridgehead atoms. The predicted molar refractivity (Wildman–Crippen MR) is 74.9 cm³/mol. The Kier molecular flexibility index (Phi) is 3.65. The summed E-state index contributed by atoms with van der Waals surface area (Å²) in [6.45, 7) is 6.35. The average molecular weight is 265 g/mol. The van der Waals surface area contributed by atoms with Gasteiger partial charge < -0.3 is 5.32 Å². The molecule has 5 nitrogen and oxygen atoms in total. The fourth-order valence-corrected chi connectivity index (χ4v) is 2.65.